The summed E-state index contributed by atoms with van der Waals surface area (Å²) in [7, 11) is 1.44. The number of thiocarbonyl (C=S) groups is 1. The third-order valence-electron chi connectivity index (χ3n) is 4.38. The van der Waals surface area contributed by atoms with Gasteiger partial charge in [0.1, 0.15) is 11.3 Å². The van der Waals surface area contributed by atoms with Crippen molar-refractivity contribution in [1.29, 1.82) is 0 Å². The van der Waals surface area contributed by atoms with Crippen molar-refractivity contribution >= 4 is 23.1 Å². The van der Waals surface area contributed by atoms with Crippen LogP contribution in [0.4, 0.5) is 13.2 Å². The van der Waals surface area contributed by atoms with Crippen LogP contribution < -0.4 is 5.73 Å². The maximum Gasteiger partial charge on any atom is 0.416 e. The molecule has 156 valence electrons. The number of hydrogen-bond acceptors (Lipinski definition) is 6. The van der Waals surface area contributed by atoms with E-state index in [4.69, 9.17) is 18.0 Å². The Balaban J connectivity index is 1.96. The van der Waals surface area contributed by atoms with E-state index in [2.05, 4.69) is 20.1 Å². The lowest BCUT2D eigenvalue weighted by molar-refractivity contribution is -0.137. The van der Waals surface area contributed by atoms with Crippen molar-refractivity contribution < 1.29 is 18.0 Å². The fourth-order valence-electron chi connectivity index (χ4n) is 2.70. The largest absolute Gasteiger partial charge is 0.416 e. The molecule has 1 atom stereocenters. The second-order valence-electron chi connectivity index (χ2n) is 6.33. The first-order valence-electron chi connectivity index (χ1n) is 8.56. The van der Waals surface area contributed by atoms with Gasteiger partial charge in [-0.25, -0.2) is 15.0 Å². The van der Waals surface area contributed by atoms with Crippen molar-refractivity contribution in [3.05, 3.63) is 65.5 Å². The van der Waals surface area contributed by atoms with E-state index >= 15 is 0 Å². The summed E-state index contributed by atoms with van der Waals surface area (Å²) >= 11 is 4.79. The summed E-state index contributed by atoms with van der Waals surface area (Å²) in [5, 5.41) is 4.07. The normalized spacial score (nSPS) is 12.4. The highest BCUT2D eigenvalue weighted by atomic mass is 32.1. The summed E-state index contributed by atoms with van der Waals surface area (Å²) < 4.78 is 41.1. The third kappa shape index (κ3) is 4.27. The van der Waals surface area contributed by atoms with Gasteiger partial charge < -0.3 is 10.6 Å². The molecule has 0 aliphatic rings. The molecule has 8 nitrogen and oxygen atoms in total. The Labute approximate surface area is 174 Å². The predicted molar refractivity (Wildman–Crippen MR) is 105 cm³/mol. The molecule has 0 aliphatic carbocycles. The third-order valence-corrected chi connectivity index (χ3v) is 4.62. The Bertz CT molecular complexity index is 1080. The number of hydrogen-bond donors (Lipinski definition) is 1. The van der Waals surface area contributed by atoms with Gasteiger partial charge >= 0.3 is 6.18 Å². The summed E-state index contributed by atoms with van der Waals surface area (Å²) in [4.78, 5) is 26.3. The zero-order valence-electron chi connectivity index (χ0n) is 15.8. The van der Waals surface area contributed by atoms with E-state index in [1.807, 2.05) is 0 Å². The molecule has 0 fully saturated rings. The van der Waals surface area contributed by atoms with Gasteiger partial charge in [0.2, 0.25) is 0 Å². The van der Waals surface area contributed by atoms with Crippen LogP contribution in [-0.4, -0.2) is 47.6 Å². The van der Waals surface area contributed by atoms with E-state index < -0.39 is 23.7 Å². The molecule has 0 saturated carbocycles. The van der Waals surface area contributed by atoms with E-state index in [1.54, 1.807) is 13.0 Å². The van der Waals surface area contributed by atoms with E-state index in [9.17, 15) is 18.0 Å². The van der Waals surface area contributed by atoms with Gasteiger partial charge in [-0.3, -0.25) is 4.79 Å². The maximum atomic E-state index is 13.3. The number of alkyl halides is 3. The quantitative estimate of drug-likeness (QED) is 0.615. The first-order chi connectivity index (χ1) is 14.1. The van der Waals surface area contributed by atoms with Gasteiger partial charge in [0, 0.05) is 30.6 Å². The molecule has 2 aromatic heterocycles. The number of nitrogens with two attached hydrogens (primary N) is 1. The SMILES string of the molecule is CC(c1ncnn1-c1ncccn1)N(C)C(=O)c1cc(C(N)=S)cc(C(F)(F)F)c1. The topological polar surface area (TPSA) is 103 Å². The average Bonchev–Trinajstić information content (AvgIpc) is 3.21. The number of aromatic nitrogens is 5. The van der Waals surface area contributed by atoms with Crippen molar-refractivity contribution in [3.63, 3.8) is 0 Å². The summed E-state index contributed by atoms with van der Waals surface area (Å²) in [5.41, 5.74) is 4.22. The zero-order valence-corrected chi connectivity index (χ0v) is 16.6. The van der Waals surface area contributed by atoms with Gasteiger partial charge in [-0.1, -0.05) is 12.2 Å². The van der Waals surface area contributed by atoms with E-state index in [-0.39, 0.29) is 22.1 Å². The van der Waals surface area contributed by atoms with Crippen LogP contribution in [0.1, 0.15) is 40.3 Å². The highest BCUT2D eigenvalue weighted by Gasteiger charge is 2.33. The van der Waals surface area contributed by atoms with Crippen LogP contribution in [0, 0.1) is 0 Å². The van der Waals surface area contributed by atoms with Crippen LogP contribution in [0.15, 0.2) is 43.0 Å². The highest BCUT2D eigenvalue weighted by Crippen LogP contribution is 2.31. The van der Waals surface area contributed by atoms with Crippen molar-refractivity contribution in [1.82, 2.24) is 29.6 Å². The summed E-state index contributed by atoms with van der Waals surface area (Å²) in [6.45, 7) is 1.66. The first-order valence-corrected chi connectivity index (χ1v) is 8.97. The van der Waals surface area contributed by atoms with E-state index in [0.29, 0.717) is 5.82 Å². The minimum Gasteiger partial charge on any atom is -0.389 e. The van der Waals surface area contributed by atoms with Gasteiger partial charge in [0.25, 0.3) is 11.9 Å². The minimum atomic E-state index is -4.66. The molecule has 3 aromatic rings. The Hall–Kier alpha value is -3.41. The van der Waals surface area contributed by atoms with Gasteiger partial charge in [-0.2, -0.15) is 23.0 Å². The monoisotopic (exact) mass is 435 g/mol. The Morgan fingerprint density at radius 1 is 1.17 bits per heavy atom. The molecule has 3 rings (SSSR count). The number of nitrogens with zero attached hydrogens (tertiary/aromatic N) is 6. The molecule has 12 heteroatoms. The zero-order chi connectivity index (χ0) is 22.1. The van der Waals surface area contributed by atoms with Crippen LogP contribution in [0.2, 0.25) is 0 Å². The first kappa shape index (κ1) is 21.3. The number of amides is 1. The standard InChI is InChI=1S/C18H16F3N7OS/c1-10(15-25-9-26-28(15)17-23-4-3-5-24-17)27(2)16(29)12-6-11(14(22)30)7-13(8-12)18(19,20)21/h3-10H,1-2H3,(H2,22,30). The predicted octanol–water partition coefficient (Wildman–Crippen LogP) is 2.54. The second-order valence-corrected chi connectivity index (χ2v) is 6.77. The molecule has 1 amide bonds. The summed E-state index contributed by atoms with van der Waals surface area (Å²) in [6.07, 6.45) is -0.346. The van der Waals surface area contributed by atoms with Crippen molar-refractivity contribution in [2.75, 3.05) is 7.05 Å². The fourth-order valence-corrected chi connectivity index (χ4v) is 2.82. The van der Waals surface area contributed by atoms with Crippen molar-refractivity contribution in [2.24, 2.45) is 5.73 Å². The fraction of sp³-hybridized carbons (Fsp3) is 0.222. The van der Waals surface area contributed by atoms with Gasteiger partial charge in [-0.05, 0) is 31.2 Å². The molecule has 0 aliphatic heterocycles. The van der Waals surface area contributed by atoms with Crippen molar-refractivity contribution in [3.8, 4) is 5.95 Å². The smallest absolute Gasteiger partial charge is 0.389 e. The van der Waals surface area contributed by atoms with Crippen LogP contribution >= 0.6 is 12.2 Å². The molecule has 0 radical (unpaired) electrons. The maximum absolute atomic E-state index is 13.3. The Kier molecular flexibility index (Phi) is 5.78. The van der Waals surface area contributed by atoms with Crippen molar-refractivity contribution in [2.45, 2.75) is 19.1 Å². The lowest BCUT2D eigenvalue weighted by Crippen LogP contribution is -2.32. The molecule has 2 heterocycles. The van der Waals surface area contributed by atoms with Crippen LogP contribution in [0.3, 0.4) is 0 Å². The van der Waals surface area contributed by atoms with Crippen LogP contribution in [-0.2, 0) is 6.18 Å². The lowest BCUT2D eigenvalue weighted by atomic mass is 10.0. The van der Waals surface area contributed by atoms with Gasteiger partial charge in [-0.15, -0.1) is 0 Å². The van der Waals surface area contributed by atoms with Crippen LogP contribution in [0.5, 0.6) is 0 Å². The minimum absolute atomic E-state index is 0.0509. The molecule has 0 saturated heterocycles. The van der Waals surface area contributed by atoms with Crippen LogP contribution in [0.25, 0.3) is 5.95 Å². The Morgan fingerprint density at radius 2 is 1.80 bits per heavy atom. The highest BCUT2D eigenvalue weighted by molar-refractivity contribution is 7.80. The average molecular weight is 435 g/mol. The summed E-state index contributed by atoms with van der Waals surface area (Å²) in [5.74, 6) is -0.0965. The number of halogens is 3. The molecule has 1 unspecified atom stereocenters. The summed E-state index contributed by atoms with van der Waals surface area (Å²) in [6, 6.07) is 3.77. The lowest BCUT2D eigenvalue weighted by Gasteiger charge is -2.25. The molecular formula is C18H16F3N7OS. The van der Waals surface area contributed by atoms with E-state index in [0.717, 1.165) is 12.1 Å². The molecular weight excluding hydrogens is 419 g/mol. The molecule has 0 spiro atoms. The molecule has 30 heavy (non-hydrogen) atoms. The second kappa shape index (κ2) is 8.14. The molecule has 2 N–H and O–H groups in total. The Morgan fingerprint density at radius 3 is 2.40 bits per heavy atom. The van der Waals surface area contributed by atoms with Gasteiger partial charge in [0.05, 0.1) is 11.6 Å². The number of benzene rings is 1. The van der Waals surface area contributed by atoms with Gasteiger partial charge in [0.15, 0.2) is 5.82 Å². The molecule has 1 aromatic carbocycles. The number of carbonyl (C=O) groups is 1. The number of rotatable bonds is 5. The molecule has 0 bridgehead atoms. The van der Waals surface area contributed by atoms with E-state index in [1.165, 1.54) is 41.4 Å². The number of carbonyl (C=O) groups excluding carboxylic acids is 1.